The second-order valence-electron chi connectivity index (χ2n) is 5.11. The van der Waals surface area contributed by atoms with E-state index in [9.17, 15) is 8.42 Å². The molecular weight excluding hydrogens is 300 g/mol. The summed E-state index contributed by atoms with van der Waals surface area (Å²) in [7, 11) is 0.148. The van der Waals surface area contributed by atoms with E-state index in [1.54, 1.807) is 31.4 Å². The Labute approximate surface area is 124 Å². The van der Waals surface area contributed by atoms with E-state index in [0.717, 1.165) is 6.54 Å². The fraction of sp³-hybridized carbons (Fsp3) is 0.538. The molecule has 2 atom stereocenters. The molecule has 2 rings (SSSR count). The van der Waals surface area contributed by atoms with Gasteiger partial charge in [0.05, 0.1) is 17.9 Å². The van der Waals surface area contributed by atoms with Gasteiger partial charge in [-0.1, -0.05) is 23.7 Å². The molecule has 1 N–H and O–H groups in total. The van der Waals surface area contributed by atoms with E-state index in [2.05, 4.69) is 4.72 Å². The molecule has 0 spiro atoms. The summed E-state index contributed by atoms with van der Waals surface area (Å²) < 4.78 is 32.4. The van der Waals surface area contributed by atoms with Crippen LogP contribution in [0.4, 0.5) is 0 Å². The monoisotopic (exact) mass is 318 g/mol. The highest BCUT2D eigenvalue weighted by Crippen LogP contribution is 2.15. The molecular formula is C13H19ClN2O3S. The van der Waals surface area contributed by atoms with Crippen LogP contribution in [-0.4, -0.2) is 52.7 Å². The quantitative estimate of drug-likeness (QED) is 0.883. The predicted octanol–water partition coefficient (Wildman–Crippen LogP) is 1.09. The van der Waals surface area contributed by atoms with Crippen molar-refractivity contribution in [3.8, 4) is 0 Å². The van der Waals surface area contributed by atoms with Crippen LogP contribution in [0.3, 0.4) is 0 Å². The number of nitrogens with one attached hydrogen (secondary N) is 1. The Kier molecular flexibility index (Phi) is 5.04. The first-order valence-corrected chi connectivity index (χ1v) is 8.38. The number of methoxy groups -OCH3 is 1. The molecule has 1 fully saturated rings. The van der Waals surface area contributed by atoms with Crippen molar-refractivity contribution in [1.82, 2.24) is 9.62 Å². The molecule has 0 bridgehead atoms. The fourth-order valence-corrected chi connectivity index (χ4v) is 3.91. The second-order valence-corrected chi connectivity index (χ2v) is 7.30. The van der Waals surface area contributed by atoms with Crippen molar-refractivity contribution in [1.29, 1.82) is 0 Å². The molecule has 1 aromatic carbocycles. The van der Waals surface area contributed by atoms with Crippen molar-refractivity contribution in [2.24, 2.45) is 0 Å². The van der Waals surface area contributed by atoms with Gasteiger partial charge in [-0.25, -0.2) is 13.1 Å². The maximum atomic E-state index is 12.2. The van der Waals surface area contributed by atoms with Crippen LogP contribution in [0.15, 0.2) is 24.3 Å². The van der Waals surface area contributed by atoms with E-state index in [-0.39, 0.29) is 17.9 Å². The lowest BCUT2D eigenvalue weighted by molar-refractivity contribution is 0.0969. The van der Waals surface area contributed by atoms with E-state index in [1.165, 1.54) is 0 Å². The molecule has 5 nitrogen and oxygen atoms in total. The lowest BCUT2D eigenvalue weighted by Crippen LogP contribution is -2.43. The minimum Gasteiger partial charge on any atom is -0.378 e. The summed E-state index contributed by atoms with van der Waals surface area (Å²) in [6.07, 6.45) is -0.111. The Morgan fingerprint density at radius 1 is 1.35 bits per heavy atom. The average Bonchev–Trinajstić information content (AvgIpc) is 2.71. The maximum Gasteiger partial charge on any atom is 0.216 e. The molecule has 1 heterocycles. The van der Waals surface area contributed by atoms with Crippen LogP contribution in [-0.2, 0) is 20.5 Å². The molecule has 1 aromatic rings. The van der Waals surface area contributed by atoms with Gasteiger partial charge < -0.3 is 9.64 Å². The van der Waals surface area contributed by atoms with Crippen molar-refractivity contribution in [2.75, 3.05) is 27.2 Å². The highest BCUT2D eigenvalue weighted by Gasteiger charge is 2.33. The molecule has 0 amide bonds. The van der Waals surface area contributed by atoms with Gasteiger partial charge in [-0.3, -0.25) is 0 Å². The number of likely N-dealkylation sites (N-methyl/N-ethyl adjacent to an activating group) is 1. The lowest BCUT2D eigenvalue weighted by Gasteiger charge is -2.18. The number of hydrogen-bond donors (Lipinski definition) is 1. The van der Waals surface area contributed by atoms with Crippen molar-refractivity contribution in [3.63, 3.8) is 0 Å². The van der Waals surface area contributed by atoms with Crippen LogP contribution in [0.5, 0.6) is 0 Å². The summed E-state index contributed by atoms with van der Waals surface area (Å²) >= 11 is 5.79. The number of likely N-dealkylation sites (tertiary alicyclic amines) is 1. The summed E-state index contributed by atoms with van der Waals surface area (Å²) in [6.45, 7) is 1.38. The number of benzene rings is 1. The van der Waals surface area contributed by atoms with Crippen LogP contribution in [0.2, 0.25) is 5.02 Å². The summed E-state index contributed by atoms with van der Waals surface area (Å²) in [4.78, 5) is 2.05. The topological polar surface area (TPSA) is 58.6 Å². The van der Waals surface area contributed by atoms with Gasteiger partial charge in [-0.2, -0.15) is 0 Å². The van der Waals surface area contributed by atoms with Gasteiger partial charge in [0.2, 0.25) is 10.0 Å². The van der Waals surface area contributed by atoms with Crippen LogP contribution < -0.4 is 4.72 Å². The summed E-state index contributed by atoms with van der Waals surface area (Å²) in [6, 6.07) is 6.61. The number of rotatable bonds is 5. The van der Waals surface area contributed by atoms with E-state index in [1.807, 2.05) is 11.9 Å². The summed E-state index contributed by atoms with van der Waals surface area (Å²) in [5.41, 5.74) is 0.710. The smallest absolute Gasteiger partial charge is 0.216 e. The van der Waals surface area contributed by atoms with Gasteiger partial charge in [0, 0.05) is 25.2 Å². The van der Waals surface area contributed by atoms with Gasteiger partial charge >= 0.3 is 0 Å². The Morgan fingerprint density at radius 3 is 2.60 bits per heavy atom. The minimum atomic E-state index is -3.40. The molecule has 0 radical (unpaired) electrons. The van der Waals surface area contributed by atoms with Crippen molar-refractivity contribution >= 4 is 21.6 Å². The first kappa shape index (κ1) is 15.7. The molecule has 0 aromatic heterocycles. The van der Waals surface area contributed by atoms with Crippen LogP contribution in [0.25, 0.3) is 0 Å². The largest absolute Gasteiger partial charge is 0.378 e. The van der Waals surface area contributed by atoms with Gasteiger partial charge in [-0.15, -0.1) is 0 Å². The number of halogens is 1. The third-order valence-electron chi connectivity index (χ3n) is 3.35. The Bertz CT molecular complexity index is 547. The van der Waals surface area contributed by atoms with Crippen LogP contribution in [0.1, 0.15) is 5.56 Å². The van der Waals surface area contributed by atoms with E-state index >= 15 is 0 Å². The Hall–Kier alpha value is -0.660. The molecule has 1 aliphatic heterocycles. The molecule has 112 valence electrons. The van der Waals surface area contributed by atoms with E-state index < -0.39 is 10.0 Å². The molecule has 0 saturated carbocycles. The van der Waals surface area contributed by atoms with Crippen LogP contribution in [0, 0.1) is 0 Å². The Balaban J connectivity index is 2.02. The third kappa shape index (κ3) is 4.17. The zero-order chi connectivity index (χ0) is 14.8. The molecule has 0 aliphatic carbocycles. The average molecular weight is 319 g/mol. The first-order chi connectivity index (χ1) is 9.39. The van der Waals surface area contributed by atoms with E-state index in [4.69, 9.17) is 16.3 Å². The number of nitrogens with zero attached hydrogens (tertiary/aromatic N) is 1. The van der Waals surface area contributed by atoms with Crippen molar-refractivity contribution in [3.05, 3.63) is 34.9 Å². The number of ether oxygens (including phenoxy) is 1. The number of hydrogen-bond acceptors (Lipinski definition) is 4. The Morgan fingerprint density at radius 2 is 2.00 bits per heavy atom. The van der Waals surface area contributed by atoms with Gasteiger partial charge in [0.25, 0.3) is 0 Å². The van der Waals surface area contributed by atoms with Crippen LogP contribution >= 0.6 is 11.6 Å². The highest BCUT2D eigenvalue weighted by molar-refractivity contribution is 7.88. The zero-order valence-corrected chi connectivity index (χ0v) is 13.1. The predicted molar refractivity (Wildman–Crippen MR) is 79.3 cm³/mol. The molecule has 7 heteroatoms. The second kappa shape index (κ2) is 6.41. The first-order valence-electron chi connectivity index (χ1n) is 6.35. The number of sulfonamides is 1. The van der Waals surface area contributed by atoms with E-state index in [0.29, 0.717) is 17.1 Å². The molecule has 1 aliphatic rings. The highest BCUT2D eigenvalue weighted by atomic mass is 35.5. The van der Waals surface area contributed by atoms with Gasteiger partial charge in [0.1, 0.15) is 0 Å². The normalized spacial score (nSPS) is 24.1. The lowest BCUT2D eigenvalue weighted by atomic mass is 10.2. The van der Waals surface area contributed by atoms with Gasteiger partial charge in [-0.05, 0) is 24.7 Å². The van der Waals surface area contributed by atoms with Crippen molar-refractivity contribution < 1.29 is 13.2 Å². The standard InChI is InChI=1S/C13H19ClN2O3S/c1-16-7-12(13(8-16)19-2)15-20(17,18)9-10-3-5-11(14)6-4-10/h3-6,12-13,15H,7-9H2,1-2H3/t12-,13-/m0/s1. The van der Waals surface area contributed by atoms with Crippen molar-refractivity contribution in [2.45, 2.75) is 17.9 Å². The SMILES string of the molecule is CO[C@H]1CN(C)C[C@@H]1NS(=O)(=O)Cc1ccc(Cl)cc1. The maximum absolute atomic E-state index is 12.2. The zero-order valence-electron chi connectivity index (χ0n) is 11.5. The summed E-state index contributed by atoms with van der Waals surface area (Å²) in [5, 5.41) is 0.593. The minimum absolute atomic E-state index is 0.0547. The fourth-order valence-electron chi connectivity index (χ4n) is 2.39. The molecule has 1 saturated heterocycles. The molecule has 0 unspecified atom stereocenters. The third-order valence-corrected chi connectivity index (χ3v) is 4.98. The summed E-state index contributed by atoms with van der Waals surface area (Å²) in [5.74, 6) is -0.0547. The van der Waals surface area contributed by atoms with Gasteiger partial charge in [0.15, 0.2) is 0 Å². The molecule has 20 heavy (non-hydrogen) atoms.